The molecule has 0 saturated heterocycles. The molecule has 0 unspecified atom stereocenters. The lowest BCUT2D eigenvalue weighted by atomic mass is 10.1. The lowest BCUT2D eigenvalue weighted by Crippen LogP contribution is -2.16. The number of methoxy groups -OCH3 is 1. The van der Waals surface area contributed by atoms with Gasteiger partial charge in [-0.25, -0.2) is 4.79 Å². The van der Waals surface area contributed by atoms with Gasteiger partial charge >= 0.3 is 11.9 Å². The first kappa shape index (κ1) is 18.1. The maximum Gasteiger partial charge on any atom is 0.344 e. The quantitative estimate of drug-likeness (QED) is 0.781. The molecule has 0 atom stereocenters. The van der Waals surface area contributed by atoms with E-state index in [0.717, 1.165) is 0 Å². The fraction of sp³-hybridized carbons (Fsp3) is 0.176. The molecule has 126 valence electrons. The van der Waals surface area contributed by atoms with Gasteiger partial charge in [0.25, 0.3) is 0 Å². The molecule has 1 N–H and O–H groups in total. The Kier molecular flexibility index (Phi) is 6.46. The molecular formula is C17H15Cl2NO4. The van der Waals surface area contributed by atoms with E-state index >= 15 is 0 Å². The number of anilines is 2. The average molecular weight is 368 g/mol. The van der Waals surface area contributed by atoms with Gasteiger partial charge in [-0.15, -0.1) is 0 Å². The molecule has 0 aliphatic rings. The van der Waals surface area contributed by atoms with Crippen molar-refractivity contribution in [3.63, 3.8) is 0 Å². The largest absolute Gasteiger partial charge is 0.466 e. The fourth-order valence-corrected chi connectivity index (χ4v) is 2.45. The van der Waals surface area contributed by atoms with Crippen LogP contribution in [0.25, 0.3) is 0 Å². The van der Waals surface area contributed by atoms with Gasteiger partial charge in [0.2, 0.25) is 0 Å². The molecule has 7 heteroatoms. The maximum atomic E-state index is 11.9. The number of carbonyl (C=O) groups is 2. The highest BCUT2D eigenvalue weighted by Crippen LogP contribution is 2.33. The van der Waals surface area contributed by atoms with Crippen LogP contribution in [0.15, 0.2) is 42.5 Å². The molecule has 0 amide bonds. The summed E-state index contributed by atoms with van der Waals surface area (Å²) < 4.78 is 9.28. The zero-order valence-electron chi connectivity index (χ0n) is 12.8. The number of carbonyl (C=O) groups excluding carboxylic acids is 2. The van der Waals surface area contributed by atoms with Crippen molar-refractivity contribution in [3.8, 4) is 0 Å². The first-order valence-corrected chi connectivity index (χ1v) is 7.78. The van der Waals surface area contributed by atoms with E-state index < -0.39 is 18.5 Å². The Morgan fingerprint density at radius 1 is 1.00 bits per heavy atom. The molecule has 0 radical (unpaired) electrons. The summed E-state index contributed by atoms with van der Waals surface area (Å²) in [5.74, 6) is -1.16. The zero-order valence-corrected chi connectivity index (χ0v) is 14.4. The van der Waals surface area contributed by atoms with Crippen molar-refractivity contribution in [2.45, 2.75) is 6.42 Å². The van der Waals surface area contributed by atoms with Crippen molar-refractivity contribution in [2.75, 3.05) is 19.0 Å². The average Bonchev–Trinajstić information content (AvgIpc) is 2.57. The van der Waals surface area contributed by atoms with Crippen LogP contribution in [-0.2, 0) is 25.5 Å². The number of benzene rings is 2. The third-order valence-corrected chi connectivity index (χ3v) is 3.78. The zero-order chi connectivity index (χ0) is 17.5. The predicted octanol–water partition coefficient (Wildman–Crippen LogP) is 4.00. The summed E-state index contributed by atoms with van der Waals surface area (Å²) in [6, 6.07) is 12.3. The van der Waals surface area contributed by atoms with Gasteiger partial charge in [-0.2, -0.15) is 0 Å². The normalized spacial score (nSPS) is 10.1. The van der Waals surface area contributed by atoms with Gasteiger partial charge in [0.1, 0.15) is 0 Å². The second-order valence-corrected chi connectivity index (χ2v) is 5.61. The van der Waals surface area contributed by atoms with Crippen molar-refractivity contribution >= 4 is 46.5 Å². The minimum Gasteiger partial charge on any atom is -0.466 e. The van der Waals surface area contributed by atoms with Crippen molar-refractivity contribution in [3.05, 3.63) is 58.1 Å². The first-order chi connectivity index (χ1) is 11.5. The number of hydrogen-bond donors (Lipinski definition) is 1. The molecule has 2 rings (SSSR count). The minimum atomic E-state index is -0.613. The number of rotatable bonds is 6. The topological polar surface area (TPSA) is 64.6 Å². The van der Waals surface area contributed by atoms with Gasteiger partial charge < -0.3 is 14.8 Å². The Bertz CT molecular complexity index is 729. The van der Waals surface area contributed by atoms with E-state index in [2.05, 4.69) is 10.1 Å². The standard InChI is InChI=1S/C17H15Cl2NO4/c1-23-16(22)10-24-15(21)9-11-5-2-3-8-14(11)20-17-12(18)6-4-7-13(17)19/h2-8,20H,9-10H2,1H3. The van der Waals surface area contributed by atoms with E-state index in [9.17, 15) is 9.59 Å². The fourth-order valence-electron chi connectivity index (χ4n) is 1.95. The van der Waals surface area contributed by atoms with Gasteiger partial charge in [-0.1, -0.05) is 47.5 Å². The van der Waals surface area contributed by atoms with Crippen LogP contribution in [0.1, 0.15) is 5.56 Å². The molecule has 0 saturated carbocycles. The Morgan fingerprint density at radius 3 is 2.33 bits per heavy atom. The van der Waals surface area contributed by atoms with Crippen molar-refractivity contribution < 1.29 is 19.1 Å². The Hall–Kier alpha value is -2.24. The molecule has 0 heterocycles. The van der Waals surface area contributed by atoms with E-state index in [1.807, 2.05) is 6.07 Å². The van der Waals surface area contributed by atoms with Crippen LogP contribution in [0, 0.1) is 0 Å². The number of ether oxygens (including phenoxy) is 2. The maximum absolute atomic E-state index is 11.9. The monoisotopic (exact) mass is 367 g/mol. The van der Waals surface area contributed by atoms with E-state index in [0.29, 0.717) is 27.0 Å². The van der Waals surface area contributed by atoms with Crippen LogP contribution in [0.3, 0.4) is 0 Å². The second kappa shape index (κ2) is 8.57. The van der Waals surface area contributed by atoms with Gasteiger partial charge in [0, 0.05) is 5.69 Å². The highest BCUT2D eigenvalue weighted by molar-refractivity contribution is 6.39. The Balaban J connectivity index is 2.13. The molecule has 0 spiro atoms. The van der Waals surface area contributed by atoms with Crippen LogP contribution in [0.5, 0.6) is 0 Å². The van der Waals surface area contributed by atoms with E-state index in [1.54, 1.807) is 36.4 Å². The molecule has 0 aliphatic carbocycles. The molecular weight excluding hydrogens is 353 g/mol. The summed E-state index contributed by atoms with van der Waals surface area (Å²) in [6.45, 7) is -0.415. The number of esters is 2. The first-order valence-electron chi connectivity index (χ1n) is 7.02. The summed E-state index contributed by atoms with van der Waals surface area (Å²) in [6.07, 6.45) is -0.0117. The lowest BCUT2D eigenvalue weighted by Gasteiger charge is -2.14. The van der Waals surface area contributed by atoms with Crippen molar-refractivity contribution in [1.82, 2.24) is 0 Å². The summed E-state index contributed by atoms with van der Waals surface area (Å²) in [4.78, 5) is 22.9. The molecule has 2 aromatic rings. The molecule has 0 fully saturated rings. The highest BCUT2D eigenvalue weighted by Gasteiger charge is 2.13. The van der Waals surface area contributed by atoms with E-state index in [4.69, 9.17) is 27.9 Å². The Labute approximate surface area is 149 Å². The number of halogens is 2. The summed E-state index contributed by atoms with van der Waals surface area (Å²) >= 11 is 12.3. The van der Waals surface area contributed by atoms with Gasteiger partial charge in [-0.3, -0.25) is 4.79 Å². The summed E-state index contributed by atoms with van der Waals surface area (Å²) in [5, 5.41) is 4.05. The highest BCUT2D eigenvalue weighted by atomic mass is 35.5. The predicted molar refractivity (Wildman–Crippen MR) is 92.9 cm³/mol. The van der Waals surface area contributed by atoms with Gasteiger partial charge in [-0.05, 0) is 23.8 Å². The van der Waals surface area contributed by atoms with Gasteiger partial charge in [0.05, 0.1) is 29.3 Å². The van der Waals surface area contributed by atoms with E-state index in [-0.39, 0.29) is 6.42 Å². The molecule has 0 aliphatic heterocycles. The van der Waals surface area contributed by atoms with E-state index in [1.165, 1.54) is 7.11 Å². The summed E-state index contributed by atoms with van der Waals surface area (Å²) in [5.41, 5.74) is 1.90. The Morgan fingerprint density at radius 2 is 1.67 bits per heavy atom. The van der Waals surface area contributed by atoms with Crippen LogP contribution < -0.4 is 5.32 Å². The number of hydrogen-bond acceptors (Lipinski definition) is 5. The van der Waals surface area contributed by atoms with Crippen LogP contribution in [0.4, 0.5) is 11.4 Å². The SMILES string of the molecule is COC(=O)COC(=O)Cc1ccccc1Nc1c(Cl)cccc1Cl. The molecule has 5 nitrogen and oxygen atoms in total. The van der Waals surface area contributed by atoms with Crippen LogP contribution in [-0.4, -0.2) is 25.7 Å². The van der Waals surface area contributed by atoms with Crippen LogP contribution in [0.2, 0.25) is 10.0 Å². The smallest absolute Gasteiger partial charge is 0.344 e. The third-order valence-electron chi connectivity index (χ3n) is 3.15. The lowest BCUT2D eigenvalue weighted by molar-refractivity contribution is -0.156. The van der Waals surface area contributed by atoms with Crippen molar-refractivity contribution in [2.24, 2.45) is 0 Å². The van der Waals surface area contributed by atoms with Crippen LogP contribution >= 0.6 is 23.2 Å². The summed E-state index contributed by atoms with van der Waals surface area (Å²) in [7, 11) is 1.22. The molecule has 2 aromatic carbocycles. The molecule has 0 bridgehead atoms. The van der Waals surface area contributed by atoms with Gasteiger partial charge in [0.15, 0.2) is 6.61 Å². The third kappa shape index (κ3) is 4.88. The molecule has 24 heavy (non-hydrogen) atoms. The number of para-hydroxylation sites is 2. The minimum absolute atomic E-state index is 0.0117. The second-order valence-electron chi connectivity index (χ2n) is 4.79. The molecule has 0 aromatic heterocycles. The number of nitrogens with one attached hydrogen (secondary N) is 1. The van der Waals surface area contributed by atoms with Crippen molar-refractivity contribution in [1.29, 1.82) is 0 Å².